The van der Waals surface area contributed by atoms with Gasteiger partial charge in [-0.05, 0) is 105 Å². The Bertz CT molecular complexity index is 960. The summed E-state index contributed by atoms with van der Waals surface area (Å²) in [6.07, 6.45) is 9.74. The average molecular weight is 489 g/mol. The van der Waals surface area contributed by atoms with Crippen molar-refractivity contribution < 1.29 is 22.6 Å². The van der Waals surface area contributed by atoms with Crippen molar-refractivity contribution in [2.75, 3.05) is 6.61 Å². The molecule has 0 bridgehead atoms. The van der Waals surface area contributed by atoms with Gasteiger partial charge in [-0.15, -0.1) is 0 Å². The highest BCUT2D eigenvalue weighted by atomic mass is 19.2. The number of benzene rings is 2. The van der Waals surface area contributed by atoms with Crippen LogP contribution in [-0.4, -0.2) is 12.7 Å². The Morgan fingerprint density at radius 2 is 1.37 bits per heavy atom. The molecule has 0 heterocycles. The lowest BCUT2D eigenvalue weighted by Crippen LogP contribution is -2.22. The van der Waals surface area contributed by atoms with Crippen molar-refractivity contribution in [2.24, 2.45) is 5.92 Å². The van der Waals surface area contributed by atoms with Gasteiger partial charge in [-0.2, -0.15) is 0 Å². The fraction of sp³-hybridized carbons (Fsp3) is 0.600. The summed E-state index contributed by atoms with van der Waals surface area (Å²) >= 11 is 0. The molecular weight excluding hydrogens is 449 g/mol. The topological polar surface area (TPSA) is 18.5 Å². The Balaban J connectivity index is 1.30. The zero-order valence-corrected chi connectivity index (χ0v) is 21.1. The molecule has 0 aliphatic heterocycles. The van der Waals surface area contributed by atoms with Crippen LogP contribution in [0.3, 0.4) is 0 Å². The van der Waals surface area contributed by atoms with E-state index in [1.165, 1.54) is 18.9 Å². The molecule has 2 saturated carbocycles. The van der Waals surface area contributed by atoms with E-state index in [1.54, 1.807) is 6.07 Å². The molecule has 0 aromatic heterocycles. The van der Waals surface area contributed by atoms with Gasteiger partial charge < -0.3 is 9.47 Å². The molecule has 2 aromatic rings. The highest BCUT2D eigenvalue weighted by molar-refractivity contribution is 5.32. The maximum absolute atomic E-state index is 15.1. The van der Waals surface area contributed by atoms with Gasteiger partial charge in [0.05, 0.1) is 19.3 Å². The molecule has 2 aromatic carbocycles. The number of hydrogen-bond acceptors (Lipinski definition) is 2. The SMILES string of the molecule is CCCC1CCC(c2ccc(C3CCC(OCc4ccc(OCC)c(F)c4)CC3)c(F)c2F)CC1. The molecule has 0 amide bonds. The van der Waals surface area contributed by atoms with Gasteiger partial charge in [-0.1, -0.05) is 38.0 Å². The Hall–Kier alpha value is -2.01. The van der Waals surface area contributed by atoms with Crippen molar-refractivity contribution in [1.82, 2.24) is 0 Å². The van der Waals surface area contributed by atoms with E-state index in [0.29, 0.717) is 24.3 Å². The minimum Gasteiger partial charge on any atom is -0.491 e. The van der Waals surface area contributed by atoms with E-state index in [0.717, 1.165) is 62.8 Å². The van der Waals surface area contributed by atoms with Gasteiger partial charge in [0.25, 0.3) is 0 Å². The molecule has 35 heavy (non-hydrogen) atoms. The summed E-state index contributed by atoms with van der Waals surface area (Å²) in [6.45, 7) is 4.78. The van der Waals surface area contributed by atoms with Gasteiger partial charge in [-0.3, -0.25) is 0 Å². The summed E-state index contributed by atoms with van der Waals surface area (Å²) < 4.78 is 55.6. The molecular formula is C30H39F3O2. The van der Waals surface area contributed by atoms with Crippen LogP contribution in [0.4, 0.5) is 13.2 Å². The lowest BCUT2D eigenvalue weighted by molar-refractivity contribution is 0.0130. The van der Waals surface area contributed by atoms with Crippen molar-refractivity contribution in [2.45, 2.75) is 103 Å². The maximum atomic E-state index is 15.1. The largest absolute Gasteiger partial charge is 0.491 e. The minimum absolute atomic E-state index is 0.0154. The zero-order chi connectivity index (χ0) is 24.8. The highest BCUT2D eigenvalue weighted by Gasteiger charge is 2.29. The third kappa shape index (κ3) is 6.41. The van der Waals surface area contributed by atoms with Crippen molar-refractivity contribution in [1.29, 1.82) is 0 Å². The smallest absolute Gasteiger partial charge is 0.165 e. The first-order chi connectivity index (χ1) is 17.0. The molecule has 2 fully saturated rings. The van der Waals surface area contributed by atoms with E-state index in [4.69, 9.17) is 9.47 Å². The predicted molar refractivity (Wildman–Crippen MR) is 133 cm³/mol. The van der Waals surface area contributed by atoms with Gasteiger partial charge in [0.15, 0.2) is 23.2 Å². The van der Waals surface area contributed by atoms with Crippen LogP contribution in [0.1, 0.15) is 107 Å². The Labute approximate surface area is 208 Å². The van der Waals surface area contributed by atoms with Crippen LogP contribution in [-0.2, 0) is 11.3 Å². The van der Waals surface area contributed by atoms with Crippen LogP contribution >= 0.6 is 0 Å². The maximum Gasteiger partial charge on any atom is 0.165 e. The van der Waals surface area contributed by atoms with Crippen LogP contribution in [0.15, 0.2) is 30.3 Å². The molecule has 192 valence electrons. The fourth-order valence-corrected chi connectivity index (χ4v) is 6.04. The van der Waals surface area contributed by atoms with Gasteiger partial charge >= 0.3 is 0 Å². The second-order valence-corrected chi connectivity index (χ2v) is 10.4. The molecule has 4 rings (SSSR count). The molecule has 2 nitrogen and oxygen atoms in total. The molecule has 0 saturated heterocycles. The van der Waals surface area contributed by atoms with E-state index in [9.17, 15) is 4.39 Å². The molecule has 0 spiro atoms. The summed E-state index contributed by atoms with van der Waals surface area (Å²) in [6, 6.07) is 8.58. The van der Waals surface area contributed by atoms with Crippen LogP contribution in [0.2, 0.25) is 0 Å². The van der Waals surface area contributed by atoms with Crippen LogP contribution < -0.4 is 4.74 Å². The quantitative estimate of drug-likeness (QED) is 0.351. The molecule has 2 aliphatic carbocycles. The summed E-state index contributed by atoms with van der Waals surface area (Å²) in [5, 5.41) is 0. The first kappa shape index (κ1) is 26.1. The second-order valence-electron chi connectivity index (χ2n) is 10.4. The average Bonchev–Trinajstić information content (AvgIpc) is 2.87. The summed E-state index contributed by atoms with van der Waals surface area (Å²) in [5.74, 6) is -0.503. The third-order valence-electron chi connectivity index (χ3n) is 8.02. The van der Waals surface area contributed by atoms with Gasteiger partial charge in [0.1, 0.15) is 0 Å². The fourth-order valence-electron chi connectivity index (χ4n) is 6.04. The second kappa shape index (κ2) is 12.3. The molecule has 2 aliphatic rings. The standard InChI is InChI=1S/C30H39F3O2/c1-3-5-20-6-9-22(10-7-20)25-15-16-26(30(33)29(25)32)23-11-13-24(14-12-23)35-19-21-8-17-28(34-4-2)27(31)18-21/h8,15-18,20,22-24H,3-7,9-14,19H2,1-2H3. The van der Waals surface area contributed by atoms with E-state index in [-0.39, 0.29) is 29.5 Å². The molecule has 0 unspecified atom stereocenters. The number of hydrogen-bond donors (Lipinski definition) is 0. The first-order valence-corrected chi connectivity index (χ1v) is 13.5. The Morgan fingerprint density at radius 3 is 1.91 bits per heavy atom. The Kier molecular flexibility index (Phi) is 9.16. The lowest BCUT2D eigenvalue weighted by Gasteiger charge is -2.31. The minimum atomic E-state index is -0.646. The van der Waals surface area contributed by atoms with Crippen molar-refractivity contribution in [3.05, 3.63) is 64.5 Å². The zero-order valence-electron chi connectivity index (χ0n) is 21.1. The van der Waals surface area contributed by atoms with Gasteiger partial charge in [-0.25, -0.2) is 13.2 Å². The summed E-state index contributed by atoms with van der Waals surface area (Å²) in [7, 11) is 0. The van der Waals surface area contributed by atoms with Gasteiger partial charge in [0, 0.05) is 0 Å². The predicted octanol–water partition coefficient (Wildman–Crippen LogP) is 8.82. The van der Waals surface area contributed by atoms with Crippen LogP contribution in [0.25, 0.3) is 0 Å². The molecule has 0 N–H and O–H groups in total. The lowest BCUT2D eigenvalue weighted by atomic mass is 9.76. The van der Waals surface area contributed by atoms with Crippen molar-refractivity contribution >= 4 is 0 Å². The number of ether oxygens (including phenoxy) is 2. The van der Waals surface area contributed by atoms with Crippen LogP contribution in [0.5, 0.6) is 5.75 Å². The summed E-state index contributed by atoms with van der Waals surface area (Å²) in [4.78, 5) is 0. The van der Waals surface area contributed by atoms with Gasteiger partial charge in [0.2, 0.25) is 0 Å². The first-order valence-electron chi connectivity index (χ1n) is 13.5. The van der Waals surface area contributed by atoms with E-state index in [1.807, 2.05) is 25.1 Å². The van der Waals surface area contributed by atoms with E-state index >= 15 is 8.78 Å². The molecule has 0 radical (unpaired) electrons. The monoisotopic (exact) mass is 488 g/mol. The van der Waals surface area contributed by atoms with Crippen LogP contribution in [0, 0.1) is 23.4 Å². The summed E-state index contributed by atoms with van der Waals surface area (Å²) in [5.41, 5.74) is 1.85. The number of halogens is 3. The molecule has 5 heteroatoms. The normalized spacial score (nSPS) is 24.9. The van der Waals surface area contributed by atoms with Crippen molar-refractivity contribution in [3.8, 4) is 5.75 Å². The molecule has 0 atom stereocenters. The highest BCUT2D eigenvalue weighted by Crippen LogP contribution is 2.41. The Morgan fingerprint density at radius 1 is 0.771 bits per heavy atom. The third-order valence-corrected chi connectivity index (χ3v) is 8.02. The van der Waals surface area contributed by atoms with Crippen molar-refractivity contribution in [3.63, 3.8) is 0 Å². The van der Waals surface area contributed by atoms with E-state index in [2.05, 4.69) is 6.92 Å². The number of rotatable bonds is 9. The van der Waals surface area contributed by atoms with E-state index < -0.39 is 11.6 Å².